The van der Waals surface area contributed by atoms with Gasteiger partial charge in [0, 0.05) is 12.5 Å². The molecule has 0 heterocycles. The maximum Gasteiger partial charge on any atom is 0.303 e. The van der Waals surface area contributed by atoms with Crippen LogP contribution in [0.15, 0.2) is 0 Å². The van der Waals surface area contributed by atoms with Crippen molar-refractivity contribution >= 4 is 5.97 Å². The van der Waals surface area contributed by atoms with E-state index in [4.69, 9.17) is 5.11 Å². The number of hydrogen-bond donors (Lipinski definition) is 2. The molecule has 0 aliphatic carbocycles. The maximum atomic E-state index is 10.0. The number of rotatable bonds is 5. The predicted octanol–water partition coefficient (Wildman–Crippen LogP) is 1.73. The van der Waals surface area contributed by atoms with Crippen LogP contribution in [0.3, 0.4) is 0 Å². The van der Waals surface area contributed by atoms with Gasteiger partial charge < -0.3 is 10.4 Å². The van der Waals surface area contributed by atoms with Crippen LogP contribution in [0.5, 0.6) is 0 Å². The van der Waals surface area contributed by atoms with E-state index in [9.17, 15) is 13.6 Å². The maximum absolute atomic E-state index is 10.0. The normalized spacial score (nSPS) is 9.31. The van der Waals surface area contributed by atoms with E-state index in [1.807, 2.05) is 13.8 Å². The molecule has 0 amide bonds. The summed E-state index contributed by atoms with van der Waals surface area (Å²) in [5, 5.41) is 11.4. The molecule has 0 fully saturated rings. The summed E-state index contributed by atoms with van der Waals surface area (Å²) in [5.41, 5.74) is 0. The molecule has 0 atom stereocenters. The summed E-state index contributed by atoms with van der Waals surface area (Å²) < 4.78 is 19.2. The topological polar surface area (TPSA) is 49.3 Å². The van der Waals surface area contributed by atoms with Gasteiger partial charge in [0.25, 0.3) is 0 Å². The zero-order chi connectivity index (χ0) is 10.7. The summed E-state index contributed by atoms with van der Waals surface area (Å²) in [7, 11) is 0. The lowest BCUT2D eigenvalue weighted by molar-refractivity contribution is -0.137. The molecule has 3 nitrogen and oxygen atoms in total. The molecule has 0 unspecified atom stereocenters. The zero-order valence-electron chi connectivity index (χ0n) is 8.02. The Balaban J connectivity index is 0. The predicted molar refractivity (Wildman–Crippen MR) is 47.1 cm³/mol. The van der Waals surface area contributed by atoms with E-state index in [-0.39, 0.29) is 6.42 Å². The Labute approximate surface area is 77.1 Å². The fourth-order valence-corrected chi connectivity index (χ4v) is 0.630. The van der Waals surface area contributed by atoms with Crippen LogP contribution < -0.4 is 5.32 Å². The number of alkyl halides is 2. The minimum atomic E-state index is -1.75. The highest BCUT2D eigenvalue weighted by Gasteiger charge is 1.96. The van der Waals surface area contributed by atoms with Crippen molar-refractivity contribution in [2.45, 2.75) is 32.7 Å². The van der Waals surface area contributed by atoms with Crippen LogP contribution in [0.25, 0.3) is 0 Å². The highest BCUT2D eigenvalue weighted by Crippen LogP contribution is 1.86. The van der Waals surface area contributed by atoms with Crippen LogP contribution in [0.4, 0.5) is 8.78 Å². The SMILES string of the molecule is CC(C)NCCCC(=O)O.FCF. The van der Waals surface area contributed by atoms with Gasteiger partial charge in [-0.1, -0.05) is 13.8 Å². The summed E-state index contributed by atoms with van der Waals surface area (Å²) in [6, 6.07) is 0.453. The van der Waals surface area contributed by atoms with Gasteiger partial charge in [-0.05, 0) is 13.0 Å². The lowest BCUT2D eigenvalue weighted by atomic mass is 10.3. The molecule has 0 spiro atoms. The Bertz CT molecular complexity index is 121. The first kappa shape index (κ1) is 14.8. The van der Waals surface area contributed by atoms with Crippen molar-refractivity contribution in [1.82, 2.24) is 5.32 Å². The van der Waals surface area contributed by atoms with E-state index in [0.29, 0.717) is 12.5 Å². The number of carboxylic acid groups (broad SMARTS) is 1. The third-order valence-electron chi connectivity index (χ3n) is 1.12. The molecule has 0 aliphatic rings. The van der Waals surface area contributed by atoms with Crippen molar-refractivity contribution in [2.24, 2.45) is 0 Å². The van der Waals surface area contributed by atoms with Gasteiger partial charge in [-0.25, -0.2) is 8.78 Å². The molecule has 2 N–H and O–H groups in total. The van der Waals surface area contributed by atoms with Gasteiger partial charge in [0.15, 0.2) is 0 Å². The molecule has 0 aromatic carbocycles. The van der Waals surface area contributed by atoms with E-state index in [1.165, 1.54) is 0 Å². The lowest BCUT2D eigenvalue weighted by Crippen LogP contribution is -2.24. The second kappa shape index (κ2) is 11.3. The Hall–Kier alpha value is -0.710. The molecule has 0 bridgehead atoms. The number of hydrogen-bond acceptors (Lipinski definition) is 2. The first-order valence-corrected chi connectivity index (χ1v) is 4.11. The molecule has 80 valence electrons. The third kappa shape index (κ3) is 24.6. The molecule has 0 rings (SSSR count). The summed E-state index contributed by atoms with van der Waals surface area (Å²) >= 11 is 0. The highest BCUT2D eigenvalue weighted by molar-refractivity contribution is 5.66. The molecule has 0 saturated carbocycles. The highest BCUT2D eigenvalue weighted by atomic mass is 19.3. The minimum absolute atomic E-state index is 0.264. The first-order chi connectivity index (χ1) is 6.04. The fraction of sp³-hybridized carbons (Fsp3) is 0.875. The van der Waals surface area contributed by atoms with Gasteiger partial charge in [0.2, 0.25) is 6.93 Å². The van der Waals surface area contributed by atoms with Crippen molar-refractivity contribution in [2.75, 3.05) is 13.5 Å². The zero-order valence-corrected chi connectivity index (χ0v) is 8.02. The smallest absolute Gasteiger partial charge is 0.303 e. The molecule has 0 radical (unpaired) electrons. The Morgan fingerprint density at radius 1 is 1.46 bits per heavy atom. The van der Waals surface area contributed by atoms with Crippen molar-refractivity contribution in [3.05, 3.63) is 0 Å². The van der Waals surface area contributed by atoms with Crippen molar-refractivity contribution in [3.63, 3.8) is 0 Å². The Morgan fingerprint density at radius 2 is 1.92 bits per heavy atom. The van der Waals surface area contributed by atoms with Gasteiger partial charge in [-0.15, -0.1) is 0 Å². The van der Waals surface area contributed by atoms with Gasteiger partial charge in [0.1, 0.15) is 0 Å². The van der Waals surface area contributed by atoms with E-state index in [2.05, 4.69) is 5.32 Å². The molecule has 0 aromatic rings. The summed E-state index contributed by atoms with van der Waals surface area (Å²) in [6.07, 6.45) is 0.979. The van der Waals surface area contributed by atoms with E-state index in [0.717, 1.165) is 6.54 Å². The molecule has 0 aliphatic heterocycles. The van der Waals surface area contributed by atoms with Gasteiger partial charge in [0.05, 0.1) is 0 Å². The van der Waals surface area contributed by atoms with Gasteiger partial charge in [-0.2, -0.15) is 0 Å². The summed E-state index contributed by atoms with van der Waals surface area (Å²) in [4.78, 5) is 10.0. The van der Waals surface area contributed by atoms with Gasteiger partial charge >= 0.3 is 5.97 Å². The number of carboxylic acids is 1. The number of halogens is 2. The quantitative estimate of drug-likeness (QED) is 0.660. The van der Waals surface area contributed by atoms with Crippen LogP contribution in [0.2, 0.25) is 0 Å². The standard InChI is InChI=1S/C7H15NO2.CH2F2/c1-6(2)8-5-3-4-7(9)10;2-1-3/h6,8H,3-5H2,1-2H3,(H,9,10);1H2. The third-order valence-corrected chi connectivity index (χ3v) is 1.12. The minimum Gasteiger partial charge on any atom is -0.481 e. The average molecular weight is 197 g/mol. The molecule has 13 heavy (non-hydrogen) atoms. The molecule has 0 aromatic heterocycles. The van der Waals surface area contributed by atoms with Crippen LogP contribution >= 0.6 is 0 Å². The van der Waals surface area contributed by atoms with E-state index in [1.54, 1.807) is 0 Å². The molecule has 5 heteroatoms. The number of carbonyl (C=O) groups is 1. The fourth-order valence-electron chi connectivity index (χ4n) is 0.630. The van der Waals surface area contributed by atoms with Crippen LogP contribution in [-0.2, 0) is 4.79 Å². The number of nitrogens with one attached hydrogen (secondary N) is 1. The van der Waals surface area contributed by atoms with Crippen molar-refractivity contribution in [3.8, 4) is 0 Å². The van der Waals surface area contributed by atoms with Gasteiger partial charge in [-0.3, -0.25) is 4.79 Å². The van der Waals surface area contributed by atoms with Crippen LogP contribution in [-0.4, -0.2) is 30.6 Å². The largest absolute Gasteiger partial charge is 0.481 e. The lowest BCUT2D eigenvalue weighted by Gasteiger charge is -2.05. The van der Waals surface area contributed by atoms with Crippen LogP contribution in [0, 0.1) is 0 Å². The second-order valence-corrected chi connectivity index (χ2v) is 2.71. The summed E-state index contributed by atoms with van der Waals surface area (Å²) in [5.74, 6) is -0.717. The Kier molecular flexibility index (Phi) is 12.8. The monoisotopic (exact) mass is 197 g/mol. The Morgan fingerprint density at radius 3 is 2.23 bits per heavy atom. The second-order valence-electron chi connectivity index (χ2n) is 2.71. The van der Waals surface area contributed by atoms with E-state index >= 15 is 0 Å². The molecule has 0 saturated heterocycles. The first-order valence-electron chi connectivity index (χ1n) is 4.11. The average Bonchev–Trinajstić information content (AvgIpc) is 1.99. The van der Waals surface area contributed by atoms with Crippen LogP contribution in [0.1, 0.15) is 26.7 Å². The molecular weight excluding hydrogens is 180 g/mol. The summed E-state index contributed by atoms with van der Waals surface area (Å²) in [6.45, 7) is 3.13. The molecular formula is C8H17F2NO2. The van der Waals surface area contributed by atoms with Crippen molar-refractivity contribution in [1.29, 1.82) is 0 Å². The van der Waals surface area contributed by atoms with Crippen molar-refractivity contribution < 1.29 is 18.7 Å². The number of aliphatic carboxylic acids is 1. The van der Waals surface area contributed by atoms with E-state index < -0.39 is 12.9 Å².